The first-order valence-electron chi connectivity index (χ1n) is 7.64. The average molecular weight is 376 g/mol. The van der Waals surface area contributed by atoms with Crippen LogP contribution in [0.5, 0.6) is 11.5 Å². The van der Waals surface area contributed by atoms with Gasteiger partial charge in [0.05, 0.1) is 18.7 Å². The summed E-state index contributed by atoms with van der Waals surface area (Å²) in [6.45, 7) is 10.2. The van der Waals surface area contributed by atoms with Gasteiger partial charge in [0.2, 0.25) is 0 Å². The van der Waals surface area contributed by atoms with Crippen LogP contribution in [0.3, 0.4) is 0 Å². The van der Waals surface area contributed by atoms with Gasteiger partial charge in [0.25, 0.3) is 0 Å². The number of rotatable bonds is 3. The lowest BCUT2D eigenvalue weighted by Gasteiger charge is -2.42. The maximum Gasteiger partial charge on any atom is 0.162 e. The number of aromatic hydroxyl groups is 1. The van der Waals surface area contributed by atoms with Crippen molar-refractivity contribution in [2.45, 2.75) is 26.8 Å². The van der Waals surface area contributed by atoms with E-state index < -0.39 is 0 Å². The standard InChI is InChI=1S/C17H25N3O2.2ClH/c1-17(2,3)16(20-7-5-19-6-8-20)13-9-12(11-18)10-14(22-4)15(13)21;;/h9-10,16,19,21H,5-8H2,1-4H3;2*1H/t16-;;/m1../s1. The van der Waals surface area contributed by atoms with Crippen molar-refractivity contribution in [3.8, 4) is 17.6 Å². The summed E-state index contributed by atoms with van der Waals surface area (Å²) in [7, 11) is 1.51. The Balaban J connectivity index is 0.00000264. The van der Waals surface area contributed by atoms with E-state index in [-0.39, 0.29) is 42.0 Å². The minimum atomic E-state index is -0.0755. The van der Waals surface area contributed by atoms with Crippen molar-refractivity contribution in [3.63, 3.8) is 0 Å². The second-order valence-corrected chi connectivity index (χ2v) is 6.78. The fourth-order valence-electron chi connectivity index (χ4n) is 3.21. The van der Waals surface area contributed by atoms with Gasteiger partial charge in [0.15, 0.2) is 11.5 Å². The fourth-order valence-corrected chi connectivity index (χ4v) is 3.21. The predicted molar refractivity (Wildman–Crippen MR) is 101 cm³/mol. The average Bonchev–Trinajstić information content (AvgIpc) is 2.49. The molecule has 0 unspecified atom stereocenters. The van der Waals surface area contributed by atoms with Gasteiger partial charge in [-0.2, -0.15) is 5.26 Å². The van der Waals surface area contributed by atoms with Crippen LogP contribution < -0.4 is 10.1 Å². The first-order chi connectivity index (χ1) is 10.4. The topological polar surface area (TPSA) is 68.5 Å². The molecule has 24 heavy (non-hydrogen) atoms. The van der Waals surface area contributed by atoms with Crippen molar-refractivity contribution in [3.05, 3.63) is 23.3 Å². The van der Waals surface area contributed by atoms with Gasteiger partial charge in [-0.05, 0) is 11.5 Å². The number of nitrogens with zero attached hydrogens (tertiary/aromatic N) is 2. The van der Waals surface area contributed by atoms with E-state index in [1.807, 2.05) is 0 Å². The van der Waals surface area contributed by atoms with Gasteiger partial charge < -0.3 is 15.2 Å². The van der Waals surface area contributed by atoms with E-state index in [1.54, 1.807) is 12.1 Å². The van der Waals surface area contributed by atoms with Crippen LogP contribution in [0, 0.1) is 16.7 Å². The molecular formula is C17H27Cl2N3O2. The number of ether oxygens (including phenoxy) is 1. The second kappa shape index (κ2) is 9.33. The lowest BCUT2D eigenvalue weighted by atomic mass is 9.80. The van der Waals surface area contributed by atoms with Gasteiger partial charge >= 0.3 is 0 Å². The largest absolute Gasteiger partial charge is 0.504 e. The van der Waals surface area contributed by atoms with E-state index in [1.165, 1.54) is 7.11 Å². The predicted octanol–water partition coefficient (Wildman–Crippen LogP) is 3.11. The normalized spacial score (nSPS) is 16.3. The molecule has 1 saturated heterocycles. The molecule has 136 valence electrons. The van der Waals surface area contributed by atoms with Crippen molar-refractivity contribution < 1.29 is 9.84 Å². The highest BCUT2D eigenvalue weighted by atomic mass is 35.5. The molecule has 1 aliphatic heterocycles. The Labute approximate surface area is 156 Å². The molecule has 0 saturated carbocycles. The highest BCUT2D eigenvalue weighted by Crippen LogP contribution is 2.45. The Morgan fingerprint density at radius 1 is 1.25 bits per heavy atom. The third kappa shape index (κ3) is 4.90. The quantitative estimate of drug-likeness (QED) is 0.849. The summed E-state index contributed by atoms with van der Waals surface area (Å²) in [4.78, 5) is 2.37. The molecule has 2 rings (SSSR count). The molecule has 1 aromatic carbocycles. The van der Waals surface area contributed by atoms with Gasteiger partial charge in [-0.1, -0.05) is 20.8 Å². The number of hydrogen-bond acceptors (Lipinski definition) is 5. The highest BCUT2D eigenvalue weighted by Gasteiger charge is 2.35. The zero-order valence-corrected chi connectivity index (χ0v) is 16.3. The summed E-state index contributed by atoms with van der Waals surface area (Å²) in [6, 6.07) is 5.55. The maximum atomic E-state index is 10.6. The van der Waals surface area contributed by atoms with Crippen molar-refractivity contribution >= 4 is 24.8 Å². The van der Waals surface area contributed by atoms with Crippen LogP contribution in [-0.2, 0) is 0 Å². The lowest BCUT2D eigenvalue weighted by Crippen LogP contribution is -2.48. The smallest absolute Gasteiger partial charge is 0.162 e. The van der Waals surface area contributed by atoms with Gasteiger partial charge in [0.1, 0.15) is 0 Å². The molecule has 0 amide bonds. The number of piperazine rings is 1. The Bertz CT molecular complexity index is 576. The monoisotopic (exact) mass is 375 g/mol. The second-order valence-electron chi connectivity index (χ2n) is 6.78. The van der Waals surface area contributed by atoms with Crippen LogP contribution in [0.1, 0.15) is 37.9 Å². The van der Waals surface area contributed by atoms with E-state index in [9.17, 15) is 10.4 Å². The maximum absolute atomic E-state index is 10.6. The molecular weight excluding hydrogens is 349 g/mol. The summed E-state index contributed by atoms with van der Waals surface area (Å²) in [5, 5.41) is 23.2. The van der Waals surface area contributed by atoms with E-state index in [2.05, 4.69) is 37.1 Å². The number of halogens is 2. The van der Waals surface area contributed by atoms with Crippen molar-refractivity contribution in [2.24, 2.45) is 5.41 Å². The van der Waals surface area contributed by atoms with Gasteiger partial charge in [0, 0.05) is 43.9 Å². The zero-order chi connectivity index (χ0) is 16.3. The van der Waals surface area contributed by atoms with Crippen molar-refractivity contribution in [1.29, 1.82) is 5.26 Å². The van der Waals surface area contributed by atoms with E-state index in [0.29, 0.717) is 11.3 Å². The molecule has 1 heterocycles. The van der Waals surface area contributed by atoms with E-state index >= 15 is 0 Å². The summed E-state index contributed by atoms with van der Waals surface area (Å²) in [6.07, 6.45) is 0. The van der Waals surface area contributed by atoms with Crippen LogP contribution in [0.25, 0.3) is 0 Å². The van der Waals surface area contributed by atoms with Gasteiger partial charge in [-0.15, -0.1) is 24.8 Å². The van der Waals surface area contributed by atoms with Crippen LogP contribution in [0.15, 0.2) is 12.1 Å². The number of benzene rings is 1. The number of methoxy groups -OCH3 is 1. The first kappa shape index (κ1) is 22.8. The lowest BCUT2D eigenvalue weighted by molar-refractivity contribution is 0.0839. The molecule has 5 nitrogen and oxygen atoms in total. The first-order valence-corrected chi connectivity index (χ1v) is 7.64. The van der Waals surface area contributed by atoms with Crippen LogP contribution in [0.2, 0.25) is 0 Å². The van der Waals surface area contributed by atoms with Gasteiger partial charge in [-0.25, -0.2) is 0 Å². The fraction of sp³-hybridized carbons (Fsp3) is 0.588. The molecule has 0 radical (unpaired) electrons. The molecule has 0 aliphatic carbocycles. The Hall–Kier alpha value is -1.19. The Kier molecular flexibility index (Phi) is 8.87. The summed E-state index contributed by atoms with van der Waals surface area (Å²) in [5.74, 6) is 0.499. The number of nitriles is 1. The summed E-state index contributed by atoms with van der Waals surface area (Å²) >= 11 is 0. The Morgan fingerprint density at radius 3 is 2.29 bits per heavy atom. The van der Waals surface area contributed by atoms with Crippen LogP contribution in [-0.4, -0.2) is 43.3 Å². The molecule has 1 aliphatic rings. The van der Waals surface area contributed by atoms with E-state index in [4.69, 9.17) is 4.74 Å². The number of phenols is 1. The molecule has 0 spiro atoms. The Morgan fingerprint density at radius 2 is 1.83 bits per heavy atom. The number of hydrogen-bond donors (Lipinski definition) is 2. The minimum Gasteiger partial charge on any atom is -0.504 e. The summed E-state index contributed by atoms with van der Waals surface area (Å²) < 4.78 is 5.25. The highest BCUT2D eigenvalue weighted by molar-refractivity contribution is 5.85. The zero-order valence-electron chi connectivity index (χ0n) is 14.6. The third-order valence-corrected chi connectivity index (χ3v) is 4.09. The number of phenolic OH excluding ortho intramolecular Hbond substituents is 1. The van der Waals surface area contributed by atoms with E-state index in [0.717, 1.165) is 31.7 Å². The minimum absolute atomic E-state index is 0. The molecule has 2 N–H and O–H groups in total. The molecule has 1 fully saturated rings. The molecule has 0 aromatic heterocycles. The molecule has 7 heteroatoms. The summed E-state index contributed by atoms with van der Waals surface area (Å²) in [5.41, 5.74) is 1.20. The van der Waals surface area contributed by atoms with Gasteiger partial charge in [-0.3, -0.25) is 4.90 Å². The SMILES string of the molecule is COc1cc(C#N)cc([C@@H](N2CCNCC2)C(C)(C)C)c1O.Cl.Cl. The molecule has 0 bridgehead atoms. The third-order valence-electron chi connectivity index (χ3n) is 4.09. The number of nitrogens with one attached hydrogen (secondary N) is 1. The van der Waals surface area contributed by atoms with Crippen LogP contribution >= 0.6 is 24.8 Å². The van der Waals surface area contributed by atoms with Crippen molar-refractivity contribution in [2.75, 3.05) is 33.3 Å². The molecule has 1 aromatic rings. The molecule has 1 atom stereocenters. The van der Waals surface area contributed by atoms with Crippen molar-refractivity contribution in [1.82, 2.24) is 10.2 Å². The van der Waals surface area contributed by atoms with Crippen LogP contribution in [0.4, 0.5) is 0 Å².